The van der Waals surface area contributed by atoms with E-state index in [9.17, 15) is 0 Å². The van der Waals surface area contributed by atoms with E-state index in [0.29, 0.717) is 10.8 Å². The molecule has 0 aromatic rings. The van der Waals surface area contributed by atoms with Gasteiger partial charge in [0.25, 0.3) is 0 Å². The van der Waals surface area contributed by atoms with Crippen LogP contribution in [-0.4, -0.2) is 5.33 Å². The molecule has 0 bridgehead atoms. The molecule has 4 saturated carbocycles. The largest absolute Gasteiger partial charge is 0.0925 e. The maximum absolute atomic E-state index is 3.79. The minimum Gasteiger partial charge on any atom is -0.0925 e. The van der Waals surface area contributed by atoms with E-state index >= 15 is 0 Å². The average molecular weight is 395 g/mol. The molecular formula is C23H39Br. The van der Waals surface area contributed by atoms with Gasteiger partial charge in [-0.3, -0.25) is 0 Å². The normalized spacial score (nSPS) is 55.4. The number of halogens is 1. The minimum atomic E-state index is 0.652. The Morgan fingerprint density at radius 2 is 1.62 bits per heavy atom. The van der Waals surface area contributed by atoms with E-state index in [1.54, 1.807) is 19.3 Å². The number of alkyl halides is 1. The first-order chi connectivity index (χ1) is 11.4. The van der Waals surface area contributed by atoms with Crippen LogP contribution < -0.4 is 0 Å². The number of fused-ring (bicyclic) bond motifs is 5. The molecule has 24 heavy (non-hydrogen) atoms. The first kappa shape index (κ1) is 17.9. The lowest BCUT2D eigenvalue weighted by Crippen LogP contribution is -2.53. The lowest BCUT2D eigenvalue weighted by molar-refractivity contribution is -0.119. The van der Waals surface area contributed by atoms with Gasteiger partial charge in [0.15, 0.2) is 0 Å². The standard InChI is InChI=1S/C23H39Br/c1-15-9-11-22(3)17(13-15)5-6-18-20-8-7-19(16(2)14-24)23(20,4)12-10-21(18)22/h15-21H,5-14H2,1-4H3. The predicted octanol–water partition coefficient (Wildman–Crippen LogP) is 7.31. The maximum atomic E-state index is 3.79. The van der Waals surface area contributed by atoms with Gasteiger partial charge in [0, 0.05) is 5.33 Å². The quantitative estimate of drug-likeness (QED) is 0.430. The van der Waals surface area contributed by atoms with Gasteiger partial charge >= 0.3 is 0 Å². The Morgan fingerprint density at radius 3 is 2.38 bits per heavy atom. The van der Waals surface area contributed by atoms with Crippen molar-refractivity contribution in [3.63, 3.8) is 0 Å². The average Bonchev–Trinajstić information content (AvgIpc) is 2.92. The van der Waals surface area contributed by atoms with Crippen LogP contribution in [0.2, 0.25) is 0 Å². The van der Waals surface area contributed by atoms with Crippen LogP contribution in [-0.2, 0) is 0 Å². The first-order valence-corrected chi connectivity index (χ1v) is 12.1. The van der Waals surface area contributed by atoms with E-state index in [2.05, 4.69) is 43.6 Å². The highest BCUT2D eigenvalue weighted by Gasteiger charge is 2.60. The van der Waals surface area contributed by atoms with Crippen LogP contribution in [0.5, 0.6) is 0 Å². The van der Waals surface area contributed by atoms with Crippen molar-refractivity contribution in [3.8, 4) is 0 Å². The molecule has 0 heterocycles. The molecule has 0 aliphatic heterocycles. The number of rotatable bonds is 2. The van der Waals surface area contributed by atoms with E-state index in [-0.39, 0.29) is 0 Å². The van der Waals surface area contributed by atoms with Gasteiger partial charge in [-0.2, -0.15) is 0 Å². The molecule has 0 aromatic carbocycles. The third kappa shape index (κ3) is 2.49. The van der Waals surface area contributed by atoms with Gasteiger partial charge < -0.3 is 0 Å². The topological polar surface area (TPSA) is 0 Å². The molecule has 0 radical (unpaired) electrons. The van der Waals surface area contributed by atoms with Crippen molar-refractivity contribution in [2.24, 2.45) is 52.3 Å². The van der Waals surface area contributed by atoms with E-state index in [4.69, 9.17) is 0 Å². The minimum absolute atomic E-state index is 0.652. The van der Waals surface area contributed by atoms with Gasteiger partial charge in [0.1, 0.15) is 0 Å². The Morgan fingerprint density at radius 1 is 0.917 bits per heavy atom. The van der Waals surface area contributed by atoms with Gasteiger partial charge in [-0.1, -0.05) is 50.0 Å². The van der Waals surface area contributed by atoms with E-state index in [1.807, 2.05) is 0 Å². The highest BCUT2D eigenvalue weighted by Crippen LogP contribution is 2.68. The molecule has 1 heteroatoms. The van der Waals surface area contributed by atoms with Crippen LogP contribution in [0.3, 0.4) is 0 Å². The lowest BCUT2D eigenvalue weighted by atomic mass is 9.44. The van der Waals surface area contributed by atoms with Crippen LogP contribution in [0.15, 0.2) is 0 Å². The predicted molar refractivity (Wildman–Crippen MR) is 107 cm³/mol. The molecule has 0 saturated heterocycles. The zero-order valence-electron chi connectivity index (χ0n) is 16.5. The SMILES string of the molecule is CC1CCC2(C)C(CCC3C2CCC2(C)C(C(C)CBr)CCC32)C1. The third-order valence-corrected chi connectivity index (χ3v) is 11.0. The summed E-state index contributed by atoms with van der Waals surface area (Å²) in [6.07, 6.45) is 13.8. The molecule has 0 aromatic heterocycles. The summed E-state index contributed by atoms with van der Waals surface area (Å²) < 4.78 is 0. The maximum Gasteiger partial charge on any atom is 0.00598 e. The first-order valence-electron chi connectivity index (χ1n) is 11.0. The van der Waals surface area contributed by atoms with E-state index in [1.165, 1.54) is 43.9 Å². The smallest absolute Gasteiger partial charge is 0.00598 e. The van der Waals surface area contributed by atoms with E-state index < -0.39 is 0 Å². The summed E-state index contributed by atoms with van der Waals surface area (Å²) >= 11 is 3.79. The molecule has 9 unspecified atom stereocenters. The molecule has 0 N–H and O–H groups in total. The third-order valence-electron chi connectivity index (χ3n) is 9.93. The number of hydrogen-bond donors (Lipinski definition) is 0. The molecule has 0 amide bonds. The fourth-order valence-corrected chi connectivity index (χ4v) is 9.01. The van der Waals surface area contributed by atoms with Crippen molar-refractivity contribution in [2.75, 3.05) is 5.33 Å². The molecule has 4 fully saturated rings. The van der Waals surface area contributed by atoms with Gasteiger partial charge in [0.05, 0.1) is 0 Å². The summed E-state index contributed by atoms with van der Waals surface area (Å²) in [5, 5.41) is 1.20. The fraction of sp³-hybridized carbons (Fsp3) is 1.00. The zero-order valence-corrected chi connectivity index (χ0v) is 18.1. The van der Waals surface area contributed by atoms with Crippen LogP contribution in [0.4, 0.5) is 0 Å². The summed E-state index contributed by atoms with van der Waals surface area (Å²) in [6.45, 7) is 10.4. The van der Waals surface area contributed by atoms with Crippen molar-refractivity contribution in [2.45, 2.75) is 85.5 Å². The summed E-state index contributed by atoms with van der Waals surface area (Å²) in [5.74, 6) is 7.03. The van der Waals surface area contributed by atoms with Crippen molar-refractivity contribution >= 4 is 15.9 Å². The Bertz CT molecular complexity index is 473. The lowest BCUT2D eigenvalue weighted by Gasteiger charge is -2.61. The van der Waals surface area contributed by atoms with Crippen LogP contribution in [0.1, 0.15) is 85.5 Å². The molecule has 4 aliphatic carbocycles. The van der Waals surface area contributed by atoms with Crippen LogP contribution >= 0.6 is 15.9 Å². The molecule has 4 rings (SSSR count). The van der Waals surface area contributed by atoms with Crippen molar-refractivity contribution in [1.29, 1.82) is 0 Å². The second kappa shape index (κ2) is 6.28. The Balaban J connectivity index is 1.59. The summed E-state index contributed by atoms with van der Waals surface area (Å²) in [7, 11) is 0. The van der Waals surface area contributed by atoms with Gasteiger partial charge in [0.2, 0.25) is 0 Å². The monoisotopic (exact) mass is 394 g/mol. The van der Waals surface area contributed by atoms with Gasteiger partial charge in [-0.05, 0) is 104 Å². The molecule has 0 spiro atoms. The molecule has 0 nitrogen and oxygen atoms in total. The van der Waals surface area contributed by atoms with Crippen LogP contribution in [0, 0.1) is 52.3 Å². The molecular weight excluding hydrogens is 356 g/mol. The Hall–Kier alpha value is 0.480. The second-order valence-electron chi connectivity index (χ2n) is 10.9. The summed E-state index contributed by atoms with van der Waals surface area (Å²) in [4.78, 5) is 0. The van der Waals surface area contributed by atoms with Gasteiger partial charge in [-0.25, -0.2) is 0 Å². The van der Waals surface area contributed by atoms with Crippen molar-refractivity contribution in [3.05, 3.63) is 0 Å². The molecule has 4 aliphatic rings. The summed E-state index contributed by atoms with van der Waals surface area (Å²) in [5.41, 5.74) is 1.34. The van der Waals surface area contributed by atoms with Gasteiger partial charge in [-0.15, -0.1) is 0 Å². The second-order valence-corrected chi connectivity index (χ2v) is 11.5. The summed E-state index contributed by atoms with van der Waals surface area (Å²) in [6, 6.07) is 0. The van der Waals surface area contributed by atoms with Crippen LogP contribution in [0.25, 0.3) is 0 Å². The zero-order chi connectivity index (χ0) is 17.1. The Kier molecular flexibility index (Phi) is 4.67. The van der Waals surface area contributed by atoms with Crippen molar-refractivity contribution in [1.82, 2.24) is 0 Å². The van der Waals surface area contributed by atoms with E-state index in [0.717, 1.165) is 41.4 Å². The molecule has 9 atom stereocenters. The highest BCUT2D eigenvalue weighted by molar-refractivity contribution is 9.09. The number of hydrogen-bond acceptors (Lipinski definition) is 0. The Labute approximate surface area is 159 Å². The molecule has 138 valence electrons. The fourth-order valence-electron chi connectivity index (χ4n) is 8.56. The van der Waals surface area contributed by atoms with Crippen molar-refractivity contribution < 1.29 is 0 Å². The highest BCUT2D eigenvalue weighted by atomic mass is 79.9.